The molecular weight excluding hydrogens is 384 g/mol. The van der Waals surface area contributed by atoms with Gasteiger partial charge < -0.3 is 13.8 Å². The minimum absolute atomic E-state index is 0.112. The third kappa shape index (κ3) is 4.18. The Balaban J connectivity index is 1.41. The third-order valence-electron chi connectivity index (χ3n) is 3.99. The first-order valence-corrected chi connectivity index (χ1v) is 8.43. The fourth-order valence-corrected chi connectivity index (χ4v) is 2.63. The largest absolute Gasteiger partial charge is 0.457 e. The van der Waals surface area contributed by atoms with Crippen LogP contribution in [0.25, 0.3) is 0 Å². The zero-order valence-electron chi connectivity index (χ0n) is 14.8. The van der Waals surface area contributed by atoms with Crippen molar-refractivity contribution in [3.63, 3.8) is 0 Å². The molecule has 2 N–H and O–H groups in total. The predicted molar refractivity (Wildman–Crippen MR) is 98.3 cm³/mol. The number of benzene rings is 2. The highest BCUT2D eigenvalue weighted by molar-refractivity contribution is 5.34. The first-order valence-electron chi connectivity index (χ1n) is 8.43. The standard InChI is InChI=1S/C18H14N4O7/c23-15-19-17(25)28-21(15)9-11-1-5-13(6-2-11)27-14-7-3-12(4-8-14)10-22-16(24)20-18(26)29-22/h1-8H,9-10H2,(H,19,23,25)(H,20,24,26). The van der Waals surface area contributed by atoms with Gasteiger partial charge in [-0.2, -0.15) is 0 Å². The Kier molecular flexibility index (Phi) is 4.61. The van der Waals surface area contributed by atoms with Crippen LogP contribution < -0.4 is 27.6 Å². The van der Waals surface area contributed by atoms with E-state index in [0.29, 0.717) is 11.5 Å². The number of nitrogens with zero attached hydrogens (tertiary/aromatic N) is 2. The molecule has 0 aliphatic carbocycles. The maximum absolute atomic E-state index is 11.5. The van der Waals surface area contributed by atoms with Crippen LogP contribution in [0.3, 0.4) is 0 Å². The average Bonchev–Trinajstić information content (AvgIpc) is 3.18. The lowest BCUT2D eigenvalue weighted by atomic mass is 10.2. The molecule has 4 aromatic rings. The molecule has 11 heteroatoms. The summed E-state index contributed by atoms with van der Waals surface area (Å²) in [5, 5.41) is 0. The average molecular weight is 398 g/mol. The molecule has 0 aliphatic heterocycles. The molecule has 148 valence electrons. The van der Waals surface area contributed by atoms with Gasteiger partial charge in [-0.3, -0.25) is 0 Å². The summed E-state index contributed by atoms with van der Waals surface area (Å²) >= 11 is 0. The second-order valence-electron chi connectivity index (χ2n) is 6.08. The highest BCUT2D eigenvalue weighted by atomic mass is 16.5. The Morgan fingerprint density at radius 1 is 0.655 bits per heavy atom. The van der Waals surface area contributed by atoms with E-state index in [2.05, 4.69) is 0 Å². The first-order chi connectivity index (χ1) is 14.0. The molecule has 0 fully saturated rings. The van der Waals surface area contributed by atoms with E-state index in [1.807, 2.05) is 9.97 Å². The van der Waals surface area contributed by atoms with Crippen molar-refractivity contribution in [2.75, 3.05) is 0 Å². The van der Waals surface area contributed by atoms with Crippen LogP contribution in [-0.2, 0) is 13.1 Å². The summed E-state index contributed by atoms with van der Waals surface area (Å²) in [7, 11) is 0. The van der Waals surface area contributed by atoms with E-state index in [4.69, 9.17) is 13.8 Å². The number of rotatable bonds is 6. The molecule has 0 atom stereocenters. The van der Waals surface area contributed by atoms with Crippen LogP contribution in [0.1, 0.15) is 11.1 Å². The summed E-state index contributed by atoms with van der Waals surface area (Å²) in [6, 6.07) is 13.8. The van der Waals surface area contributed by atoms with Crippen LogP contribution in [0, 0.1) is 0 Å². The van der Waals surface area contributed by atoms with Crippen LogP contribution >= 0.6 is 0 Å². The normalized spacial score (nSPS) is 10.9. The zero-order chi connectivity index (χ0) is 20.4. The van der Waals surface area contributed by atoms with Crippen molar-refractivity contribution in [2.45, 2.75) is 13.1 Å². The van der Waals surface area contributed by atoms with Gasteiger partial charge in [-0.15, -0.1) is 9.48 Å². The molecule has 0 bridgehead atoms. The maximum Gasteiger partial charge on any atom is 0.440 e. The second kappa shape index (κ2) is 7.38. The number of H-pyrrole nitrogens is 2. The van der Waals surface area contributed by atoms with Crippen molar-refractivity contribution < 1.29 is 13.8 Å². The van der Waals surface area contributed by atoms with Crippen molar-refractivity contribution >= 4 is 0 Å². The van der Waals surface area contributed by atoms with Gasteiger partial charge in [-0.25, -0.2) is 29.1 Å². The van der Waals surface area contributed by atoms with E-state index in [1.165, 1.54) is 0 Å². The van der Waals surface area contributed by atoms with Gasteiger partial charge in [-0.05, 0) is 35.4 Å². The highest BCUT2D eigenvalue weighted by Crippen LogP contribution is 2.22. The number of aromatic nitrogens is 4. The van der Waals surface area contributed by atoms with Gasteiger partial charge >= 0.3 is 22.9 Å². The van der Waals surface area contributed by atoms with Gasteiger partial charge in [-0.1, -0.05) is 24.3 Å². The molecule has 2 aromatic carbocycles. The molecule has 2 heterocycles. The molecule has 11 nitrogen and oxygen atoms in total. The van der Waals surface area contributed by atoms with Gasteiger partial charge in [0.25, 0.3) is 0 Å². The number of hydrogen-bond donors (Lipinski definition) is 2. The van der Waals surface area contributed by atoms with E-state index in [9.17, 15) is 19.2 Å². The fourth-order valence-electron chi connectivity index (χ4n) is 2.63. The highest BCUT2D eigenvalue weighted by Gasteiger charge is 2.06. The topological polar surface area (TPSA) is 145 Å². The van der Waals surface area contributed by atoms with Crippen molar-refractivity contribution in [3.05, 3.63) is 102 Å². The van der Waals surface area contributed by atoms with E-state index >= 15 is 0 Å². The fraction of sp³-hybridized carbons (Fsp3) is 0.111. The summed E-state index contributed by atoms with van der Waals surface area (Å²) in [6.45, 7) is 0.225. The van der Waals surface area contributed by atoms with Crippen molar-refractivity contribution in [1.82, 2.24) is 19.4 Å². The van der Waals surface area contributed by atoms with E-state index in [1.54, 1.807) is 48.5 Å². The lowest BCUT2D eigenvalue weighted by molar-refractivity contribution is 0.258. The van der Waals surface area contributed by atoms with Gasteiger partial charge in [0, 0.05) is 0 Å². The smallest absolute Gasteiger partial charge is 0.440 e. The molecule has 0 amide bonds. The SMILES string of the molecule is O=c1[nH]c(=O)n(Cc2ccc(Oc3ccc(Cn4oc(=O)[nH]c4=O)cc3)cc2)o1. The maximum atomic E-state index is 11.5. The Labute approximate surface area is 160 Å². The molecule has 0 spiro atoms. The van der Waals surface area contributed by atoms with Crippen LogP contribution in [0.2, 0.25) is 0 Å². The number of hydrogen-bond acceptors (Lipinski definition) is 7. The Hall–Kier alpha value is -4.28. The summed E-state index contributed by atoms with van der Waals surface area (Å²) in [5.41, 5.74) is 0.264. The number of ether oxygens (including phenoxy) is 1. The Morgan fingerprint density at radius 3 is 1.34 bits per heavy atom. The van der Waals surface area contributed by atoms with Crippen LogP contribution in [0.4, 0.5) is 0 Å². The minimum Gasteiger partial charge on any atom is -0.457 e. The van der Waals surface area contributed by atoms with Crippen molar-refractivity contribution in [3.8, 4) is 11.5 Å². The molecule has 2 aromatic heterocycles. The van der Waals surface area contributed by atoms with Crippen LogP contribution in [0.5, 0.6) is 11.5 Å². The van der Waals surface area contributed by atoms with Crippen LogP contribution in [0.15, 0.2) is 76.8 Å². The molecule has 0 saturated carbocycles. The van der Waals surface area contributed by atoms with Crippen molar-refractivity contribution in [1.29, 1.82) is 0 Å². The second-order valence-corrected chi connectivity index (χ2v) is 6.08. The molecule has 0 unspecified atom stereocenters. The summed E-state index contributed by atoms with van der Waals surface area (Å²) in [6.07, 6.45) is 0. The lowest BCUT2D eigenvalue weighted by Gasteiger charge is -2.08. The van der Waals surface area contributed by atoms with Gasteiger partial charge in [0.1, 0.15) is 11.5 Å². The number of aromatic amines is 2. The molecule has 29 heavy (non-hydrogen) atoms. The lowest BCUT2D eigenvalue weighted by Crippen LogP contribution is -2.17. The number of nitrogens with one attached hydrogen (secondary N) is 2. The van der Waals surface area contributed by atoms with Crippen LogP contribution in [-0.4, -0.2) is 19.4 Å². The first kappa shape index (κ1) is 18.1. The van der Waals surface area contributed by atoms with Gasteiger partial charge in [0.15, 0.2) is 0 Å². The van der Waals surface area contributed by atoms with E-state index in [0.717, 1.165) is 20.6 Å². The molecule has 0 saturated heterocycles. The molecule has 4 rings (SSSR count). The summed E-state index contributed by atoms with van der Waals surface area (Å²) in [4.78, 5) is 49.0. The Bertz CT molecular complexity index is 1240. The summed E-state index contributed by atoms with van der Waals surface area (Å²) in [5.74, 6) is -0.474. The minimum atomic E-state index is -0.804. The van der Waals surface area contributed by atoms with Gasteiger partial charge in [0.05, 0.1) is 13.1 Å². The monoisotopic (exact) mass is 398 g/mol. The summed E-state index contributed by atoms with van der Waals surface area (Å²) < 4.78 is 17.0. The zero-order valence-corrected chi connectivity index (χ0v) is 14.8. The molecule has 0 aliphatic rings. The van der Waals surface area contributed by atoms with Gasteiger partial charge in [0.2, 0.25) is 0 Å². The Morgan fingerprint density at radius 2 is 1.03 bits per heavy atom. The van der Waals surface area contributed by atoms with E-state index < -0.39 is 22.9 Å². The third-order valence-corrected chi connectivity index (χ3v) is 3.99. The van der Waals surface area contributed by atoms with E-state index in [-0.39, 0.29) is 13.1 Å². The van der Waals surface area contributed by atoms with Crippen molar-refractivity contribution in [2.24, 2.45) is 0 Å². The quantitative estimate of drug-likeness (QED) is 0.480. The molecular formula is C18H14N4O7. The predicted octanol–water partition coefficient (Wildman–Crippen LogP) is 0.461. The molecule has 0 radical (unpaired) electrons.